The maximum Gasteiger partial charge on any atom is 0.231 e. The van der Waals surface area contributed by atoms with E-state index in [4.69, 9.17) is 4.98 Å². The molecule has 2 heterocycles. The second-order valence-electron chi connectivity index (χ2n) is 10.4. The van der Waals surface area contributed by atoms with Crippen LogP contribution in [0.2, 0.25) is 0 Å². The average molecular weight is 489 g/mol. The van der Waals surface area contributed by atoms with E-state index in [0.29, 0.717) is 31.1 Å². The topological polar surface area (TPSA) is 50.2 Å². The number of benzene rings is 3. The summed E-state index contributed by atoms with van der Waals surface area (Å²) < 4.78 is 30.4. The number of carbonyl (C=O) groups is 1. The summed E-state index contributed by atoms with van der Waals surface area (Å²) in [4.78, 5) is 20.6. The molecule has 0 spiro atoms. The highest BCUT2D eigenvalue weighted by Crippen LogP contribution is 2.38. The number of halogens is 2. The number of likely N-dealkylation sites (tertiary alicyclic amines) is 1. The number of imidazole rings is 1. The molecular formula is C29H30F2N4O. The van der Waals surface area contributed by atoms with Crippen LogP contribution >= 0.6 is 0 Å². The molecule has 1 aliphatic rings. The van der Waals surface area contributed by atoms with Crippen LogP contribution < -0.4 is 5.32 Å². The third kappa shape index (κ3) is 4.75. The number of hydrogen-bond donors (Lipinski definition) is 1. The Morgan fingerprint density at radius 2 is 1.72 bits per heavy atom. The van der Waals surface area contributed by atoms with Gasteiger partial charge in [-0.1, -0.05) is 48.5 Å². The van der Waals surface area contributed by atoms with Gasteiger partial charge in [-0.05, 0) is 50.1 Å². The van der Waals surface area contributed by atoms with Gasteiger partial charge in [0.15, 0.2) is 0 Å². The number of rotatable bonds is 5. The van der Waals surface area contributed by atoms with Crippen molar-refractivity contribution in [3.05, 3.63) is 95.6 Å². The SMILES string of the molecule is CC(C)(C)N1C[C@@H](C(=O)Nc2nc3ccccc3n2Cc2ccccc2)[C@H](c2ccc(F)cc2F)C1. The van der Waals surface area contributed by atoms with Gasteiger partial charge in [0.05, 0.1) is 23.5 Å². The van der Waals surface area contributed by atoms with Crippen molar-refractivity contribution in [2.45, 2.75) is 38.8 Å². The lowest BCUT2D eigenvalue weighted by atomic mass is 9.88. The van der Waals surface area contributed by atoms with Crippen LogP contribution in [0.5, 0.6) is 0 Å². The maximum atomic E-state index is 14.8. The molecule has 2 atom stereocenters. The number of nitrogens with zero attached hydrogens (tertiary/aromatic N) is 3. The zero-order valence-corrected chi connectivity index (χ0v) is 20.7. The molecule has 1 saturated heterocycles. The summed E-state index contributed by atoms with van der Waals surface area (Å²) >= 11 is 0. The van der Waals surface area contributed by atoms with Gasteiger partial charge in [-0.25, -0.2) is 13.8 Å². The number of anilines is 1. The molecule has 1 aromatic heterocycles. The van der Waals surface area contributed by atoms with Gasteiger partial charge >= 0.3 is 0 Å². The fourth-order valence-electron chi connectivity index (χ4n) is 5.03. The van der Waals surface area contributed by atoms with Crippen LogP contribution in [0.25, 0.3) is 11.0 Å². The molecule has 0 bridgehead atoms. The summed E-state index contributed by atoms with van der Waals surface area (Å²) in [7, 11) is 0. The van der Waals surface area contributed by atoms with E-state index in [1.165, 1.54) is 12.1 Å². The molecule has 7 heteroatoms. The van der Waals surface area contributed by atoms with E-state index >= 15 is 0 Å². The van der Waals surface area contributed by atoms with Gasteiger partial charge in [0.1, 0.15) is 11.6 Å². The lowest BCUT2D eigenvalue weighted by Crippen LogP contribution is -2.40. The van der Waals surface area contributed by atoms with Gasteiger partial charge in [-0.2, -0.15) is 0 Å². The Bertz CT molecular complexity index is 1390. The Kier molecular flexibility index (Phi) is 6.35. The van der Waals surface area contributed by atoms with Crippen molar-refractivity contribution in [3.8, 4) is 0 Å². The number of amides is 1. The monoisotopic (exact) mass is 488 g/mol. The molecule has 1 aliphatic heterocycles. The molecule has 5 nitrogen and oxygen atoms in total. The van der Waals surface area contributed by atoms with Gasteiger partial charge in [0.2, 0.25) is 11.9 Å². The van der Waals surface area contributed by atoms with Crippen LogP contribution in [0.1, 0.15) is 37.8 Å². The third-order valence-corrected chi connectivity index (χ3v) is 7.04. The zero-order valence-electron chi connectivity index (χ0n) is 20.7. The van der Waals surface area contributed by atoms with E-state index in [1.807, 2.05) is 59.2 Å². The van der Waals surface area contributed by atoms with Crippen molar-refractivity contribution >= 4 is 22.9 Å². The number of carbonyl (C=O) groups excluding carboxylic acids is 1. The minimum absolute atomic E-state index is 0.204. The summed E-state index contributed by atoms with van der Waals surface area (Å²) in [6.07, 6.45) is 0. The molecule has 0 radical (unpaired) electrons. The van der Waals surface area contributed by atoms with E-state index < -0.39 is 23.5 Å². The lowest BCUT2D eigenvalue weighted by Gasteiger charge is -2.31. The molecule has 3 aromatic carbocycles. The molecule has 4 aromatic rings. The average Bonchev–Trinajstić information content (AvgIpc) is 3.42. The number of fused-ring (bicyclic) bond motifs is 1. The molecule has 186 valence electrons. The first-order valence-corrected chi connectivity index (χ1v) is 12.2. The van der Waals surface area contributed by atoms with Crippen LogP contribution in [0.4, 0.5) is 14.7 Å². The van der Waals surface area contributed by atoms with Crippen molar-refractivity contribution in [1.29, 1.82) is 0 Å². The summed E-state index contributed by atoms with van der Waals surface area (Å²) in [6.45, 7) is 7.74. The normalized spacial score (nSPS) is 18.6. The minimum Gasteiger partial charge on any atom is -0.305 e. The fourth-order valence-corrected chi connectivity index (χ4v) is 5.03. The van der Waals surface area contributed by atoms with Crippen LogP contribution in [0, 0.1) is 17.6 Å². The summed E-state index contributed by atoms with van der Waals surface area (Å²) in [5.74, 6) is -1.94. The third-order valence-electron chi connectivity index (χ3n) is 7.04. The Morgan fingerprint density at radius 3 is 2.44 bits per heavy atom. The van der Waals surface area contributed by atoms with E-state index in [9.17, 15) is 13.6 Å². The second kappa shape index (κ2) is 9.47. The van der Waals surface area contributed by atoms with Crippen LogP contribution in [-0.2, 0) is 11.3 Å². The fraction of sp³-hybridized carbons (Fsp3) is 0.310. The number of nitrogens with one attached hydrogen (secondary N) is 1. The zero-order chi connectivity index (χ0) is 25.4. The Balaban J connectivity index is 1.49. The number of hydrogen-bond acceptors (Lipinski definition) is 3. The molecule has 36 heavy (non-hydrogen) atoms. The summed E-state index contributed by atoms with van der Waals surface area (Å²) in [6, 6.07) is 21.4. The first-order chi connectivity index (χ1) is 17.2. The van der Waals surface area contributed by atoms with Gasteiger partial charge in [0, 0.05) is 30.6 Å². The highest BCUT2D eigenvalue weighted by Gasteiger charge is 2.43. The van der Waals surface area contributed by atoms with Crippen molar-refractivity contribution < 1.29 is 13.6 Å². The molecule has 1 fully saturated rings. The quantitative estimate of drug-likeness (QED) is 0.385. The van der Waals surface area contributed by atoms with Crippen molar-refractivity contribution in [2.75, 3.05) is 18.4 Å². The molecule has 0 aliphatic carbocycles. The van der Waals surface area contributed by atoms with Gasteiger partial charge < -0.3 is 4.57 Å². The molecule has 1 N–H and O–H groups in total. The van der Waals surface area contributed by atoms with Crippen LogP contribution in [0.15, 0.2) is 72.8 Å². The Morgan fingerprint density at radius 1 is 1.00 bits per heavy atom. The number of aromatic nitrogens is 2. The van der Waals surface area contributed by atoms with Crippen LogP contribution in [0.3, 0.4) is 0 Å². The maximum absolute atomic E-state index is 14.8. The molecule has 0 unspecified atom stereocenters. The van der Waals surface area contributed by atoms with Crippen molar-refractivity contribution in [3.63, 3.8) is 0 Å². The summed E-state index contributed by atoms with van der Waals surface area (Å²) in [5, 5.41) is 3.05. The molecular weight excluding hydrogens is 458 g/mol. The van der Waals surface area contributed by atoms with E-state index in [-0.39, 0.29) is 11.4 Å². The highest BCUT2D eigenvalue weighted by atomic mass is 19.1. The van der Waals surface area contributed by atoms with Crippen molar-refractivity contribution in [2.24, 2.45) is 5.92 Å². The standard InChI is InChI=1S/C29H30F2N4O/c1-29(2,3)34-17-22(21-14-13-20(30)15-24(21)31)23(18-34)27(36)33-28-32-25-11-7-8-12-26(25)35(28)16-19-9-5-4-6-10-19/h4-15,22-23H,16-18H2,1-3H3,(H,32,33,36)/t22-,23+/m0/s1. The predicted octanol–water partition coefficient (Wildman–Crippen LogP) is 5.82. The minimum atomic E-state index is -0.627. The largest absolute Gasteiger partial charge is 0.305 e. The first-order valence-electron chi connectivity index (χ1n) is 12.2. The summed E-state index contributed by atoms with van der Waals surface area (Å²) in [5.41, 5.74) is 2.95. The van der Waals surface area contributed by atoms with Gasteiger partial charge in [-0.15, -0.1) is 0 Å². The molecule has 1 amide bonds. The van der Waals surface area contributed by atoms with Crippen LogP contribution in [-0.4, -0.2) is 39.0 Å². The van der Waals surface area contributed by atoms with E-state index in [2.05, 4.69) is 31.0 Å². The van der Waals surface area contributed by atoms with Crippen molar-refractivity contribution in [1.82, 2.24) is 14.5 Å². The lowest BCUT2D eigenvalue weighted by molar-refractivity contribution is -0.120. The second-order valence-corrected chi connectivity index (χ2v) is 10.4. The predicted molar refractivity (Wildman–Crippen MR) is 138 cm³/mol. The van der Waals surface area contributed by atoms with Gasteiger partial charge in [0.25, 0.3) is 0 Å². The van der Waals surface area contributed by atoms with E-state index in [0.717, 1.165) is 22.7 Å². The Hall–Kier alpha value is -3.58. The van der Waals surface area contributed by atoms with Gasteiger partial charge in [-0.3, -0.25) is 15.0 Å². The highest BCUT2D eigenvalue weighted by molar-refractivity contribution is 5.94. The number of para-hydroxylation sites is 2. The smallest absolute Gasteiger partial charge is 0.231 e. The first kappa shape index (κ1) is 24.1. The van der Waals surface area contributed by atoms with E-state index in [1.54, 1.807) is 0 Å². The Labute approximate surface area is 209 Å². The molecule has 5 rings (SSSR count). The molecule has 0 saturated carbocycles.